The third-order valence-corrected chi connectivity index (χ3v) is 5.47. The predicted molar refractivity (Wildman–Crippen MR) is 121 cm³/mol. The van der Waals surface area contributed by atoms with E-state index in [1.54, 1.807) is 0 Å². The van der Waals surface area contributed by atoms with E-state index in [-0.39, 0.29) is 0 Å². The summed E-state index contributed by atoms with van der Waals surface area (Å²) in [6.45, 7) is 16.6. The van der Waals surface area contributed by atoms with Gasteiger partial charge in [0.1, 0.15) is 0 Å². The van der Waals surface area contributed by atoms with E-state index in [9.17, 15) is 0 Å². The molecule has 5 nitrogen and oxygen atoms in total. The van der Waals surface area contributed by atoms with Gasteiger partial charge in [0.25, 0.3) is 0 Å². The van der Waals surface area contributed by atoms with E-state index in [0.717, 1.165) is 25.6 Å². The molecule has 0 aromatic heterocycles. The van der Waals surface area contributed by atoms with Crippen molar-refractivity contribution < 1.29 is 0 Å². The second kappa shape index (κ2) is 13.6. The molecule has 1 aromatic rings. The molecule has 0 saturated carbocycles. The molecule has 0 spiro atoms. The summed E-state index contributed by atoms with van der Waals surface area (Å²) >= 11 is 0. The highest BCUT2D eigenvalue weighted by Crippen LogP contribution is 2.05. The molecule has 1 heterocycles. The maximum Gasteiger partial charge on any atom is 0.191 e. The lowest BCUT2D eigenvalue weighted by atomic mass is 10.1. The van der Waals surface area contributed by atoms with Crippen molar-refractivity contribution in [2.45, 2.75) is 53.0 Å². The number of aliphatic imine (C=N–C) groups is 1. The molecule has 2 rings (SSSR count). The molecule has 2 N–H and O–H groups in total. The Hall–Kier alpha value is -1.59. The summed E-state index contributed by atoms with van der Waals surface area (Å²) < 4.78 is 0. The zero-order valence-corrected chi connectivity index (χ0v) is 18.3. The Kier molecular flexibility index (Phi) is 11.0. The quantitative estimate of drug-likeness (QED) is 0.347. The summed E-state index contributed by atoms with van der Waals surface area (Å²) in [5.41, 5.74) is 2.55. The first-order valence-electron chi connectivity index (χ1n) is 11.2. The molecule has 0 amide bonds. The Morgan fingerprint density at radius 3 is 2.18 bits per heavy atom. The number of likely N-dealkylation sites (N-methyl/N-ethyl adjacent to an activating group) is 1. The number of benzene rings is 1. The van der Waals surface area contributed by atoms with Gasteiger partial charge in [-0.25, -0.2) is 4.99 Å². The van der Waals surface area contributed by atoms with Crippen LogP contribution in [0.5, 0.6) is 0 Å². The number of aryl methyl sites for hydroxylation is 1. The van der Waals surface area contributed by atoms with Gasteiger partial charge in [-0.05, 0) is 44.8 Å². The van der Waals surface area contributed by atoms with E-state index in [2.05, 4.69) is 65.5 Å². The molecule has 5 heteroatoms. The van der Waals surface area contributed by atoms with Gasteiger partial charge in [0.15, 0.2) is 5.96 Å². The van der Waals surface area contributed by atoms with Gasteiger partial charge >= 0.3 is 0 Å². The Balaban J connectivity index is 1.68. The molecule has 0 aliphatic carbocycles. The maximum absolute atomic E-state index is 4.78. The van der Waals surface area contributed by atoms with Crippen LogP contribution in [0, 0.1) is 6.92 Å². The molecule has 0 atom stereocenters. The Labute approximate surface area is 172 Å². The van der Waals surface area contributed by atoms with Crippen LogP contribution in [0.3, 0.4) is 0 Å². The summed E-state index contributed by atoms with van der Waals surface area (Å²) in [6.07, 6.45) is 4.81. The van der Waals surface area contributed by atoms with Crippen LogP contribution in [0.25, 0.3) is 0 Å². The van der Waals surface area contributed by atoms with Crippen LogP contribution < -0.4 is 10.6 Å². The first-order valence-corrected chi connectivity index (χ1v) is 11.2. The van der Waals surface area contributed by atoms with Crippen molar-refractivity contribution >= 4 is 5.96 Å². The van der Waals surface area contributed by atoms with Gasteiger partial charge in [0.05, 0.1) is 6.54 Å². The number of unbranched alkanes of at least 4 members (excludes halogenated alkanes) is 2. The van der Waals surface area contributed by atoms with E-state index < -0.39 is 0 Å². The minimum atomic E-state index is 0.726. The zero-order chi connectivity index (χ0) is 20.0. The van der Waals surface area contributed by atoms with Crippen molar-refractivity contribution in [1.29, 1.82) is 0 Å². The fraction of sp³-hybridized carbons (Fsp3) is 0.696. The highest BCUT2D eigenvalue weighted by molar-refractivity contribution is 5.79. The summed E-state index contributed by atoms with van der Waals surface area (Å²) in [5, 5.41) is 7.00. The fourth-order valence-electron chi connectivity index (χ4n) is 3.42. The minimum absolute atomic E-state index is 0.726. The fourth-order valence-corrected chi connectivity index (χ4v) is 3.42. The first-order chi connectivity index (χ1) is 13.7. The van der Waals surface area contributed by atoms with Crippen molar-refractivity contribution in [3.8, 4) is 0 Å². The Morgan fingerprint density at radius 1 is 0.893 bits per heavy atom. The molecule has 1 saturated heterocycles. The molecule has 158 valence electrons. The van der Waals surface area contributed by atoms with E-state index in [0.29, 0.717) is 0 Å². The number of nitrogens with one attached hydrogen (secondary N) is 2. The summed E-state index contributed by atoms with van der Waals surface area (Å²) in [5.74, 6) is 0.950. The van der Waals surface area contributed by atoms with Gasteiger partial charge in [0.2, 0.25) is 0 Å². The minimum Gasteiger partial charge on any atom is -0.356 e. The topological polar surface area (TPSA) is 42.9 Å². The van der Waals surface area contributed by atoms with Crippen LogP contribution in [0.2, 0.25) is 0 Å². The molecule has 1 aliphatic rings. The van der Waals surface area contributed by atoms with Crippen molar-refractivity contribution in [3.05, 3.63) is 35.4 Å². The highest BCUT2D eigenvalue weighted by atomic mass is 15.3. The molecule has 1 aromatic carbocycles. The van der Waals surface area contributed by atoms with Gasteiger partial charge in [0, 0.05) is 39.3 Å². The molecule has 0 radical (unpaired) electrons. The van der Waals surface area contributed by atoms with Crippen LogP contribution in [0.1, 0.15) is 50.7 Å². The van der Waals surface area contributed by atoms with Crippen LogP contribution in [-0.4, -0.2) is 68.1 Å². The molecule has 0 unspecified atom stereocenters. The SMILES string of the molecule is CCCCNC(=NCc1ccc(C)cc1)NCCCCN1CCN(CC)CC1. The molecule has 0 bridgehead atoms. The van der Waals surface area contributed by atoms with E-state index >= 15 is 0 Å². The number of hydrogen-bond donors (Lipinski definition) is 2. The van der Waals surface area contributed by atoms with Crippen LogP contribution in [0.15, 0.2) is 29.3 Å². The van der Waals surface area contributed by atoms with E-state index in [1.165, 1.54) is 76.1 Å². The standard InChI is InChI=1S/C23H41N5/c1-4-6-13-24-23(26-20-22-11-9-21(3)10-12-22)25-14-7-8-15-28-18-16-27(5-2)17-19-28/h9-12H,4-8,13-20H2,1-3H3,(H2,24,25,26). The van der Waals surface area contributed by atoms with E-state index in [1.807, 2.05) is 0 Å². The second-order valence-corrected chi connectivity index (χ2v) is 7.84. The maximum atomic E-state index is 4.78. The number of nitrogens with zero attached hydrogens (tertiary/aromatic N) is 3. The smallest absolute Gasteiger partial charge is 0.191 e. The summed E-state index contributed by atoms with van der Waals surface area (Å²) in [7, 11) is 0. The average Bonchev–Trinajstić information content (AvgIpc) is 2.73. The van der Waals surface area contributed by atoms with Gasteiger partial charge in [-0.2, -0.15) is 0 Å². The Bertz CT molecular complexity index is 547. The van der Waals surface area contributed by atoms with Crippen molar-refractivity contribution in [1.82, 2.24) is 20.4 Å². The van der Waals surface area contributed by atoms with Gasteiger partial charge < -0.3 is 20.4 Å². The largest absolute Gasteiger partial charge is 0.356 e. The normalized spacial score (nSPS) is 16.3. The van der Waals surface area contributed by atoms with Crippen molar-refractivity contribution in [2.75, 3.05) is 52.4 Å². The molecule has 1 fully saturated rings. The molecular formula is C23H41N5. The monoisotopic (exact) mass is 387 g/mol. The predicted octanol–water partition coefficient (Wildman–Crippen LogP) is 3.25. The number of guanidine groups is 1. The number of hydrogen-bond acceptors (Lipinski definition) is 3. The lowest BCUT2D eigenvalue weighted by Crippen LogP contribution is -2.46. The van der Waals surface area contributed by atoms with Gasteiger partial charge in [-0.15, -0.1) is 0 Å². The first kappa shape index (κ1) is 22.7. The third kappa shape index (κ3) is 9.07. The van der Waals surface area contributed by atoms with Crippen LogP contribution in [0.4, 0.5) is 0 Å². The van der Waals surface area contributed by atoms with Crippen LogP contribution in [-0.2, 0) is 6.54 Å². The number of piperazine rings is 1. The van der Waals surface area contributed by atoms with E-state index in [4.69, 9.17) is 4.99 Å². The van der Waals surface area contributed by atoms with Gasteiger partial charge in [-0.3, -0.25) is 0 Å². The Morgan fingerprint density at radius 2 is 1.54 bits per heavy atom. The average molecular weight is 388 g/mol. The highest BCUT2D eigenvalue weighted by Gasteiger charge is 2.14. The number of rotatable bonds is 11. The second-order valence-electron chi connectivity index (χ2n) is 7.84. The molecule has 1 aliphatic heterocycles. The molecular weight excluding hydrogens is 346 g/mol. The van der Waals surface area contributed by atoms with Crippen molar-refractivity contribution in [3.63, 3.8) is 0 Å². The lowest BCUT2D eigenvalue weighted by molar-refractivity contribution is 0.136. The third-order valence-electron chi connectivity index (χ3n) is 5.47. The zero-order valence-electron chi connectivity index (χ0n) is 18.3. The summed E-state index contributed by atoms with van der Waals surface area (Å²) in [6, 6.07) is 8.65. The lowest BCUT2D eigenvalue weighted by Gasteiger charge is -2.34. The molecule has 28 heavy (non-hydrogen) atoms. The van der Waals surface area contributed by atoms with Gasteiger partial charge in [-0.1, -0.05) is 50.1 Å². The van der Waals surface area contributed by atoms with Crippen LogP contribution >= 0.6 is 0 Å². The van der Waals surface area contributed by atoms with Crippen molar-refractivity contribution in [2.24, 2.45) is 4.99 Å². The summed E-state index contributed by atoms with van der Waals surface area (Å²) in [4.78, 5) is 9.93.